The summed E-state index contributed by atoms with van der Waals surface area (Å²) < 4.78 is 5.01. The average molecular weight is 385 g/mol. The fraction of sp³-hybridized carbons (Fsp3) is 0.389. The zero-order chi connectivity index (χ0) is 20.4. The highest BCUT2D eigenvalue weighted by atomic mass is 16.4. The molecule has 0 aliphatic carbocycles. The number of carboxylic acid groups (broad SMARTS) is 1. The van der Waals surface area contributed by atoms with E-state index in [1.54, 1.807) is 0 Å². The molecule has 0 radical (unpaired) electrons. The van der Waals surface area contributed by atoms with Gasteiger partial charge in [0.1, 0.15) is 6.54 Å². The number of carboxylic acids is 1. The van der Waals surface area contributed by atoms with Gasteiger partial charge in [0.25, 0.3) is 0 Å². The summed E-state index contributed by atoms with van der Waals surface area (Å²) in [6.07, 6.45) is 3.46. The number of aryl methyl sites for hydroxylation is 3. The van der Waals surface area contributed by atoms with Gasteiger partial charge in [0, 0.05) is 24.5 Å². The lowest BCUT2D eigenvalue weighted by atomic mass is 10.2. The smallest absolute Gasteiger partial charge is 0.356 e. The quantitative estimate of drug-likeness (QED) is 0.637. The van der Waals surface area contributed by atoms with E-state index >= 15 is 0 Å². The summed E-state index contributed by atoms with van der Waals surface area (Å²) in [7, 11) is 0. The topological polar surface area (TPSA) is 120 Å². The van der Waals surface area contributed by atoms with Crippen molar-refractivity contribution in [2.24, 2.45) is 0 Å². The fourth-order valence-corrected chi connectivity index (χ4v) is 2.96. The summed E-state index contributed by atoms with van der Waals surface area (Å²) in [5.41, 5.74) is 4.11. The number of carbonyl (C=O) groups is 2. The van der Waals surface area contributed by atoms with Gasteiger partial charge in [-0.2, -0.15) is 15.3 Å². The van der Waals surface area contributed by atoms with Crippen LogP contribution in [0.1, 0.15) is 40.1 Å². The Bertz CT molecular complexity index is 1030. The van der Waals surface area contributed by atoms with Gasteiger partial charge < -0.3 is 10.4 Å². The first kappa shape index (κ1) is 19.3. The maximum Gasteiger partial charge on any atom is 0.356 e. The highest BCUT2D eigenvalue weighted by molar-refractivity contribution is 5.91. The van der Waals surface area contributed by atoms with Gasteiger partial charge in [-0.25, -0.2) is 4.79 Å². The summed E-state index contributed by atoms with van der Waals surface area (Å²) in [5, 5.41) is 24.6. The van der Waals surface area contributed by atoms with Gasteiger partial charge in [-0.3, -0.25) is 18.8 Å². The zero-order valence-corrected chi connectivity index (χ0v) is 16.3. The van der Waals surface area contributed by atoms with Crippen LogP contribution < -0.4 is 5.32 Å². The third-order valence-electron chi connectivity index (χ3n) is 4.50. The summed E-state index contributed by atoms with van der Waals surface area (Å²) in [4.78, 5) is 23.2. The second-order valence-electron chi connectivity index (χ2n) is 6.55. The highest BCUT2D eigenvalue weighted by Gasteiger charge is 2.17. The Hall–Kier alpha value is -3.43. The van der Waals surface area contributed by atoms with Crippen LogP contribution in [0.25, 0.3) is 0 Å². The third-order valence-corrected chi connectivity index (χ3v) is 4.50. The molecular formula is C18H23N7O3. The van der Waals surface area contributed by atoms with Crippen LogP contribution >= 0.6 is 0 Å². The molecule has 0 aromatic carbocycles. The van der Waals surface area contributed by atoms with Crippen LogP contribution in [-0.4, -0.2) is 46.3 Å². The molecule has 3 heterocycles. The predicted octanol–water partition coefficient (Wildman–Crippen LogP) is 1.61. The molecule has 3 aromatic heterocycles. The minimum absolute atomic E-state index is 0.0836. The molecule has 0 atom stereocenters. The number of rotatable bonds is 7. The Labute approximate surface area is 161 Å². The van der Waals surface area contributed by atoms with Crippen molar-refractivity contribution in [3.8, 4) is 0 Å². The fourth-order valence-electron chi connectivity index (χ4n) is 2.96. The maximum atomic E-state index is 12.4. The molecule has 0 bridgehead atoms. The molecule has 10 heteroatoms. The van der Waals surface area contributed by atoms with Gasteiger partial charge in [-0.05, 0) is 33.8 Å². The van der Waals surface area contributed by atoms with Gasteiger partial charge in [-0.15, -0.1) is 0 Å². The number of nitrogens with zero attached hydrogens (tertiary/aromatic N) is 6. The van der Waals surface area contributed by atoms with Gasteiger partial charge >= 0.3 is 5.97 Å². The lowest BCUT2D eigenvalue weighted by Crippen LogP contribution is -2.20. The van der Waals surface area contributed by atoms with Gasteiger partial charge in [0.2, 0.25) is 5.91 Å². The normalized spacial score (nSPS) is 11.0. The molecule has 0 saturated carbocycles. The van der Waals surface area contributed by atoms with Crippen LogP contribution in [-0.2, 0) is 24.4 Å². The number of aromatic carboxylic acids is 1. The highest BCUT2D eigenvalue weighted by Crippen LogP contribution is 2.21. The van der Waals surface area contributed by atoms with Crippen molar-refractivity contribution < 1.29 is 14.7 Å². The molecule has 10 nitrogen and oxygen atoms in total. The second kappa shape index (κ2) is 7.67. The van der Waals surface area contributed by atoms with E-state index < -0.39 is 5.97 Å². The van der Waals surface area contributed by atoms with Crippen LogP contribution in [0, 0.1) is 20.8 Å². The lowest BCUT2D eigenvalue weighted by Gasteiger charge is -2.07. The summed E-state index contributed by atoms with van der Waals surface area (Å²) in [5.74, 6) is -1.44. The Morgan fingerprint density at radius 2 is 1.86 bits per heavy atom. The predicted molar refractivity (Wildman–Crippen MR) is 101 cm³/mol. The largest absolute Gasteiger partial charge is 0.476 e. The van der Waals surface area contributed by atoms with Crippen molar-refractivity contribution in [2.45, 2.75) is 47.3 Å². The molecule has 0 spiro atoms. The molecule has 2 N–H and O–H groups in total. The lowest BCUT2D eigenvalue weighted by molar-refractivity contribution is -0.116. The number of anilines is 1. The van der Waals surface area contributed by atoms with E-state index in [2.05, 4.69) is 20.6 Å². The zero-order valence-electron chi connectivity index (χ0n) is 16.3. The number of hydrogen-bond donors (Lipinski definition) is 2. The van der Waals surface area contributed by atoms with Crippen molar-refractivity contribution in [1.82, 2.24) is 29.3 Å². The molecule has 28 heavy (non-hydrogen) atoms. The molecule has 0 unspecified atom stereocenters. The SMILES string of the molecule is CCn1cc(Cn2nc(C)c(NC(=O)Cn3ccc(C(=O)O)n3)c2C)c(C)n1. The summed E-state index contributed by atoms with van der Waals surface area (Å²) in [6.45, 7) is 9.01. The Morgan fingerprint density at radius 1 is 1.11 bits per heavy atom. The number of hydrogen-bond acceptors (Lipinski definition) is 5. The molecule has 1 amide bonds. The van der Waals surface area contributed by atoms with E-state index in [0.717, 1.165) is 23.5 Å². The van der Waals surface area contributed by atoms with E-state index in [-0.39, 0.29) is 18.1 Å². The van der Waals surface area contributed by atoms with Crippen molar-refractivity contribution in [3.05, 3.63) is 46.8 Å². The molecule has 3 aromatic rings. The first-order valence-electron chi connectivity index (χ1n) is 8.92. The minimum atomic E-state index is -1.13. The van der Waals surface area contributed by atoms with Crippen LogP contribution in [0.15, 0.2) is 18.5 Å². The van der Waals surface area contributed by atoms with Crippen molar-refractivity contribution >= 4 is 17.6 Å². The molecule has 3 rings (SSSR count). The average Bonchev–Trinajstić information content (AvgIpc) is 3.31. The van der Waals surface area contributed by atoms with E-state index in [4.69, 9.17) is 5.11 Å². The number of carbonyl (C=O) groups excluding carboxylic acids is 1. The van der Waals surface area contributed by atoms with Crippen LogP contribution in [0.4, 0.5) is 5.69 Å². The molecule has 0 fully saturated rings. The van der Waals surface area contributed by atoms with E-state index in [0.29, 0.717) is 17.9 Å². The van der Waals surface area contributed by atoms with E-state index in [1.165, 1.54) is 16.9 Å². The summed E-state index contributed by atoms with van der Waals surface area (Å²) >= 11 is 0. The Morgan fingerprint density at radius 3 is 2.46 bits per heavy atom. The molecule has 148 valence electrons. The van der Waals surface area contributed by atoms with Crippen LogP contribution in [0.5, 0.6) is 0 Å². The second-order valence-corrected chi connectivity index (χ2v) is 6.55. The van der Waals surface area contributed by atoms with Crippen molar-refractivity contribution in [2.75, 3.05) is 5.32 Å². The van der Waals surface area contributed by atoms with E-state index in [9.17, 15) is 9.59 Å². The monoisotopic (exact) mass is 385 g/mol. The first-order valence-corrected chi connectivity index (χ1v) is 8.92. The molecule has 0 saturated heterocycles. The van der Waals surface area contributed by atoms with Gasteiger partial charge in [0.05, 0.1) is 29.3 Å². The number of nitrogens with one attached hydrogen (secondary N) is 1. The minimum Gasteiger partial charge on any atom is -0.476 e. The maximum absolute atomic E-state index is 12.4. The Kier molecular flexibility index (Phi) is 5.30. The number of amides is 1. The van der Waals surface area contributed by atoms with E-state index in [1.807, 2.05) is 43.3 Å². The third kappa shape index (κ3) is 3.95. The van der Waals surface area contributed by atoms with Crippen LogP contribution in [0.2, 0.25) is 0 Å². The first-order chi connectivity index (χ1) is 13.3. The van der Waals surface area contributed by atoms with Crippen LogP contribution in [0.3, 0.4) is 0 Å². The van der Waals surface area contributed by atoms with Gasteiger partial charge in [0.15, 0.2) is 5.69 Å². The molecule has 0 aliphatic heterocycles. The standard InChI is InChI=1S/C18H23N7O3/c1-5-23-8-14(11(2)20-23)9-25-13(4)17(12(3)21-25)19-16(26)10-24-7-6-15(22-24)18(27)28/h6-8H,5,9-10H2,1-4H3,(H,19,26)(H,27,28). The number of aromatic nitrogens is 6. The summed E-state index contributed by atoms with van der Waals surface area (Å²) in [6, 6.07) is 1.35. The van der Waals surface area contributed by atoms with Gasteiger partial charge in [-0.1, -0.05) is 0 Å². The molecular weight excluding hydrogens is 362 g/mol. The van der Waals surface area contributed by atoms with Crippen molar-refractivity contribution in [1.29, 1.82) is 0 Å². The molecule has 0 aliphatic rings. The van der Waals surface area contributed by atoms with Crippen molar-refractivity contribution in [3.63, 3.8) is 0 Å². The Balaban J connectivity index is 1.72.